The lowest BCUT2D eigenvalue weighted by molar-refractivity contribution is -0.134. The molecule has 0 spiro atoms. The molecule has 2 heteroatoms. The minimum atomic E-state index is -0.295. The van der Waals surface area contributed by atoms with Gasteiger partial charge in [0.1, 0.15) is 5.76 Å². The van der Waals surface area contributed by atoms with Crippen LogP contribution in [-0.2, 0) is 16.0 Å². The smallest absolute Gasteiger partial charge is 0.308 e. The van der Waals surface area contributed by atoms with E-state index in [0.29, 0.717) is 5.76 Å². The van der Waals surface area contributed by atoms with E-state index in [1.165, 1.54) is 29.2 Å². The Bertz CT molecular complexity index is 754. The van der Waals surface area contributed by atoms with E-state index in [4.69, 9.17) is 4.74 Å². The van der Waals surface area contributed by atoms with E-state index in [1.807, 2.05) is 25.1 Å². The van der Waals surface area contributed by atoms with Crippen LogP contribution in [0.5, 0.6) is 0 Å². The predicted octanol–water partition coefficient (Wildman–Crippen LogP) is 5.07. The molecule has 0 heterocycles. The Labute approximate surface area is 138 Å². The Kier molecular flexibility index (Phi) is 5.38. The van der Waals surface area contributed by atoms with Gasteiger partial charge in [0, 0.05) is 12.5 Å². The molecule has 0 saturated carbocycles. The summed E-state index contributed by atoms with van der Waals surface area (Å²) in [5.74, 6) is 0.340. The highest BCUT2D eigenvalue weighted by Crippen LogP contribution is 2.23. The molecular weight excluding hydrogens is 284 g/mol. The molecule has 0 amide bonds. The van der Waals surface area contributed by atoms with Gasteiger partial charge in [-0.2, -0.15) is 0 Å². The number of aryl methyl sites for hydroxylation is 4. The molecule has 2 aromatic carbocycles. The molecule has 0 saturated heterocycles. The van der Waals surface area contributed by atoms with Crippen molar-refractivity contribution in [3.05, 3.63) is 75.9 Å². The summed E-state index contributed by atoms with van der Waals surface area (Å²) in [6.07, 6.45) is 2.73. The van der Waals surface area contributed by atoms with Gasteiger partial charge < -0.3 is 4.74 Å². The number of carbonyl (C=O) groups is 1. The molecule has 23 heavy (non-hydrogen) atoms. The van der Waals surface area contributed by atoms with Crippen LogP contribution in [-0.4, -0.2) is 5.97 Å². The molecule has 2 aromatic rings. The maximum atomic E-state index is 11.5. The van der Waals surface area contributed by atoms with Crippen LogP contribution in [0.4, 0.5) is 0 Å². The average Bonchev–Trinajstić information content (AvgIpc) is 2.45. The first-order valence-corrected chi connectivity index (χ1v) is 7.89. The van der Waals surface area contributed by atoms with Crippen molar-refractivity contribution >= 4 is 11.7 Å². The molecular formula is C21H24O2. The van der Waals surface area contributed by atoms with Crippen LogP contribution in [0.15, 0.2) is 42.5 Å². The molecule has 0 N–H and O–H groups in total. The fraction of sp³-hybridized carbons (Fsp3) is 0.286. The van der Waals surface area contributed by atoms with E-state index in [-0.39, 0.29) is 5.97 Å². The van der Waals surface area contributed by atoms with Gasteiger partial charge in [-0.05, 0) is 56.9 Å². The lowest BCUT2D eigenvalue weighted by Crippen LogP contribution is -2.01. The lowest BCUT2D eigenvalue weighted by atomic mass is 10.00. The molecule has 0 aliphatic rings. The molecule has 0 unspecified atom stereocenters. The van der Waals surface area contributed by atoms with Crippen LogP contribution < -0.4 is 0 Å². The first-order valence-electron chi connectivity index (χ1n) is 7.89. The number of rotatable bonds is 4. The third kappa shape index (κ3) is 4.56. The minimum Gasteiger partial charge on any atom is -0.426 e. The number of hydrogen-bond donors (Lipinski definition) is 0. The summed E-state index contributed by atoms with van der Waals surface area (Å²) in [7, 11) is 0. The average molecular weight is 308 g/mol. The number of hydrogen-bond acceptors (Lipinski definition) is 2. The van der Waals surface area contributed by atoms with Crippen molar-refractivity contribution in [3.8, 4) is 0 Å². The highest BCUT2D eigenvalue weighted by Gasteiger charge is 2.10. The quantitative estimate of drug-likeness (QED) is 0.582. The Hall–Kier alpha value is -2.35. The van der Waals surface area contributed by atoms with Crippen LogP contribution in [0, 0.1) is 27.7 Å². The largest absolute Gasteiger partial charge is 0.426 e. The maximum absolute atomic E-state index is 11.5. The number of esters is 1. The highest BCUT2D eigenvalue weighted by atomic mass is 16.5. The molecule has 0 bridgehead atoms. The van der Waals surface area contributed by atoms with E-state index in [2.05, 4.69) is 45.0 Å². The Morgan fingerprint density at radius 3 is 2.13 bits per heavy atom. The Morgan fingerprint density at radius 1 is 0.957 bits per heavy atom. The molecule has 0 aromatic heterocycles. The van der Waals surface area contributed by atoms with Gasteiger partial charge in [0.2, 0.25) is 0 Å². The van der Waals surface area contributed by atoms with E-state index in [9.17, 15) is 4.79 Å². The van der Waals surface area contributed by atoms with E-state index in [1.54, 1.807) is 0 Å². The number of benzene rings is 2. The maximum Gasteiger partial charge on any atom is 0.308 e. The van der Waals surface area contributed by atoms with Crippen molar-refractivity contribution in [1.29, 1.82) is 0 Å². The monoisotopic (exact) mass is 308 g/mol. The van der Waals surface area contributed by atoms with Crippen molar-refractivity contribution in [2.24, 2.45) is 0 Å². The summed E-state index contributed by atoms with van der Waals surface area (Å²) in [6, 6.07) is 12.6. The van der Waals surface area contributed by atoms with Crippen molar-refractivity contribution in [3.63, 3.8) is 0 Å². The van der Waals surface area contributed by atoms with Crippen LogP contribution in [0.25, 0.3) is 5.76 Å². The van der Waals surface area contributed by atoms with Crippen LogP contribution in [0.1, 0.15) is 40.3 Å². The van der Waals surface area contributed by atoms with Gasteiger partial charge in [-0.25, -0.2) is 0 Å². The summed E-state index contributed by atoms with van der Waals surface area (Å²) in [6.45, 7) is 9.73. The molecule has 0 atom stereocenters. The first kappa shape index (κ1) is 17.0. The van der Waals surface area contributed by atoms with Gasteiger partial charge in [0.05, 0.1) is 0 Å². The normalized spacial score (nSPS) is 11.4. The first-order chi connectivity index (χ1) is 10.9. The summed E-state index contributed by atoms with van der Waals surface area (Å²) >= 11 is 0. The second-order valence-electron chi connectivity index (χ2n) is 6.11. The summed E-state index contributed by atoms with van der Waals surface area (Å²) < 4.78 is 5.46. The third-order valence-electron chi connectivity index (χ3n) is 3.91. The molecule has 0 aliphatic carbocycles. The van der Waals surface area contributed by atoms with Gasteiger partial charge in [0.25, 0.3) is 0 Å². The van der Waals surface area contributed by atoms with Crippen LogP contribution in [0.3, 0.4) is 0 Å². The number of allylic oxidation sites excluding steroid dienone is 1. The minimum absolute atomic E-state index is 0.295. The highest BCUT2D eigenvalue weighted by molar-refractivity contribution is 5.77. The zero-order chi connectivity index (χ0) is 17.0. The van der Waals surface area contributed by atoms with Crippen molar-refractivity contribution in [2.75, 3.05) is 0 Å². The van der Waals surface area contributed by atoms with Gasteiger partial charge in [-0.15, -0.1) is 0 Å². The summed E-state index contributed by atoms with van der Waals surface area (Å²) in [5, 5.41) is 0. The molecule has 0 radical (unpaired) electrons. The van der Waals surface area contributed by atoms with Crippen molar-refractivity contribution < 1.29 is 9.53 Å². The lowest BCUT2D eigenvalue weighted by Gasteiger charge is -2.12. The van der Waals surface area contributed by atoms with Crippen LogP contribution in [0.2, 0.25) is 0 Å². The summed E-state index contributed by atoms with van der Waals surface area (Å²) in [5.41, 5.74) is 7.02. The zero-order valence-corrected chi connectivity index (χ0v) is 14.6. The van der Waals surface area contributed by atoms with Gasteiger partial charge in [-0.1, -0.05) is 47.5 Å². The fourth-order valence-corrected chi connectivity index (χ4v) is 2.73. The van der Waals surface area contributed by atoms with E-state index in [0.717, 1.165) is 17.5 Å². The molecule has 2 nitrogen and oxygen atoms in total. The van der Waals surface area contributed by atoms with Gasteiger partial charge in [0.15, 0.2) is 0 Å². The Morgan fingerprint density at radius 2 is 1.57 bits per heavy atom. The topological polar surface area (TPSA) is 26.3 Å². The standard InChI is InChI=1S/C21H24O2/c1-14-6-8-19(16(3)12-14)9-11-21(23-18(5)22)20-10-7-15(2)13-17(20)4/h6-8,10-13H,9H2,1-5H3. The molecule has 2 rings (SSSR count). The molecule has 0 fully saturated rings. The molecule has 0 aliphatic heterocycles. The summed E-state index contributed by atoms with van der Waals surface area (Å²) in [4.78, 5) is 11.5. The van der Waals surface area contributed by atoms with Gasteiger partial charge >= 0.3 is 5.97 Å². The van der Waals surface area contributed by atoms with E-state index < -0.39 is 0 Å². The zero-order valence-electron chi connectivity index (χ0n) is 14.6. The third-order valence-corrected chi connectivity index (χ3v) is 3.91. The van der Waals surface area contributed by atoms with Crippen molar-refractivity contribution in [1.82, 2.24) is 0 Å². The Balaban J connectivity index is 2.35. The van der Waals surface area contributed by atoms with Gasteiger partial charge in [-0.3, -0.25) is 4.79 Å². The SMILES string of the molecule is CC(=O)OC(=CCc1ccc(C)cc1C)c1ccc(C)cc1C. The molecule has 120 valence electrons. The number of carbonyl (C=O) groups excluding carboxylic acids is 1. The van der Waals surface area contributed by atoms with E-state index >= 15 is 0 Å². The number of ether oxygens (including phenoxy) is 1. The second kappa shape index (κ2) is 7.28. The second-order valence-corrected chi connectivity index (χ2v) is 6.11. The predicted molar refractivity (Wildman–Crippen MR) is 95.3 cm³/mol. The van der Waals surface area contributed by atoms with Crippen LogP contribution >= 0.6 is 0 Å². The van der Waals surface area contributed by atoms with Crippen molar-refractivity contribution in [2.45, 2.75) is 41.0 Å². The fourth-order valence-electron chi connectivity index (χ4n) is 2.73.